The number of phenols is 1. The molecule has 0 aliphatic carbocycles. The molecule has 0 bridgehead atoms. The Morgan fingerprint density at radius 1 is 1.17 bits per heavy atom. The fourth-order valence-electron chi connectivity index (χ4n) is 3.36. The molecular weight excluding hydrogens is 284 g/mol. The van der Waals surface area contributed by atoms with Gasteiger partial charge in [-0.25, -0.2) is 0 Å². The van der Waals surface area contributed by atoms with Crippen molar-refractivity contribution in [3.05, 3.63) is 53.6 Å². The van der Waals surface area contributed by atoms with Crippen molar-refractivity contribution in [2.24, 2.45) is 4.99 Å². The molecule has 2 aromatic carbocycles. The molecule has 0 saturated heterocycles. The van der Waals surface area contributed by atoms with E-state index in [0.29, 0.717) is 5.92 Å². The van der Waals surface area contributed by atoms with Crippen LogP contribution < -0.4 is 4.90 Å². The van der Waals surface area contributed by atoms with E-state index in [0.717, 1.165) is 17.7 Å². The number of fused-ring (bicyclic) bond motifs is 1. The van der Waals surface area contributed by atoms with Gasteiger partial charge in [-0.05, 0) is 73.7 Å². The van der Waals surface area contributed by atoms with E-state index in [2.05, 4.69) is 55.9 Å². The van der Waals surface area contributed by atoms with Crippen molar-refractivity contribution in [2.75, 3.05) is 11.9 Å². The largest absolute Gasteiger partial charge is 0.508 e. The fourth-order valence-corrected chi connectivity index (χ4v) is 3.36. The molecule has 3 nitrogen and oxygen atoms in total. The maximum atomic E-state index is 9.31. The third kappa shape index (κ3) is 3.09. The number of hydrogen-bond acceptors (Lipinski definition) is 3. The van der Waals surface area contributed by atoms with Gasteiger partial charge in [-0.15, -0.1) is 0 Å². The number of hydrogen-bond donors (Lipinski definition) is 1. The number of aromatic hydroxyl groups is 1. The van der Waals surface area contributed by atoms with Gasteiger partial charge in [0.15, 0.2) is 0 Å². The first-order valence-electron chi connectivity index (χ1n) is 8.08. The van der Waals surface area contributed by atoms with Gasteiger partial charge in [0.1, 0.15) is 5.75 Å². The third-order valence-electron chi connectivity index (χ3n) is 4.87. The van der Waals surface area contributed by atoms with E-state index in [1.165, 1.54) is 11.3 Å². The van der Waals surface area contributed by atoms with Gasteiger partial charge in [0, 0.05) is 24.5 Å². The highest BCUT2D eigenvalue weighted by atomic mass is 16.3. The Labute approximate surface area is 138 Å². The quantitative estimate of drug-likeness (QED) is 0.804. The standard InChI is InChI=1S/C20H24N2O/c1-14-12-20(2,3)22(4)19-10-5-15(11-18(14)19)13-21-16-6-8-17(23)9-7-16/h5-11,13-14,23H,12H2,1-4H3/t14-/m0/s1. The Morgan fingerprint density at radius 2 is 1.87 bits per heavy atom. The average molecular weight is 308 g/mol. The summed E-state index contributed by atoms with van der Waals surface area (Å²) in [6.07, 6.45) is 3.04. The van der Waals surface area contributed by atoms with E-state index in [1.807, 2.05) is 18.3 Å². The van der Waals surface area contributed by atoms with Crippen LogP contribution in [-0.4, -0.2) is 23.9 Å². The SMILES string of the molecule is C[C@H]1CC(C)(C)N(C)c2ccc(C=Nc3ccc(O)cc3)cc21. The molecule has 1 aliphatic rings. The monoisotopic (exact) mass is 308 g/mol. The topological polar surface area (TPSA) is 35.8 Å². The first-order chi connectivity index (χ1) is 10.9. The highest BCUT2D eigenvalue weighted by Gasteiger charge is 2.33. The Hall–Kier alpha value is -2.29. The van der Waals surface area contributed by atoms with Gasteiger partial charge in [-0.2, -0.15) is 0 Å². The molecule has 1 heterocycles. The van der Waals surface area contributed by atoms with Crippen molar-refractivity contribution in [2.45, 2.75) is 38.6 Å². The number of aliphatic imine (C=N–C) groups is 1. The fraction of sp³-hybridized carbons (Fsp3) is 0.350. The molecular formula is C20H24N2O. The molecule has 120 valence electrons. The molecule has 1 atom stereocenters. The van der Waals surface area contributed by atoms with Crippen LogP contribution in [0.3, 0.4) is 0 Å². The van der Waals surface area contributed by atoms with E-state index in [4.69, 9.17) is 0 Å². The van der Waals surface area contributed by atoms with Crippen molar-refractivity contribution in [1.29, 1.82) is 0 Å². The molecule has 0 unspecified atom stereocenters. The zero-order valence-corrected chi connectivity index (χ0v) is 14.2. The molecule has 0 saturated carbocycles. The van der Waals surface area contributed by atoms with E-state index in [-0.39, 0.29) is 11.3 Å². The van der Waals surface area contributed by atoms with Crippen LogP contribution in [0.1, 0.15) is 44.2 Å². The predicted molar refractivity (Wildman–Crippen MR) is 97.3 cm³/mol. The van der Waals surface area contributed by atoms with Crippen LogP contribution in [0.15, 0.2) is 47.5 Å². The van der Waals surface area contributed by atoms with Gasteiger partial charge in [-0.3, -0.25) is 4.99 Å². The highest BCUT2D eigenvalue weighted by Crippen LogP contribution is 2.42. The highest BCUT2D eigenvalue weighted by molar-refractivity contribution is 5.83. The molecule has 1 N–H and O–H groups in total. The van der Waals surface area contributed by atoms with Crippen LogP contribution in [0.5, 0.6) is 5.75 Å². The molecule has 0 fully saturated rings. The average Bonchev–Trinajstić information content (AvgIpc) is 2.52. The minimum absolute atomic E-state index is 0.189. The first-order valence-corrected chi connectivity index (χ1v) is 8.08. The van der Waals surface area contributed by atoms with Gasteiger partial charge in [0.25, 0.3) is 0 Å². The molecule has 0 aromatic heterocycles. The maximum absolute atomic E-state index is 9.31. The molecule has 23 heavy (non-hydrogen) atoms. The second kappa shape index (κ2) is 5.73. The van der Waals surface area contributed by atoms with E-state index in [9.17, 15) is 5.11 Å². The van der Waals surface area contributed by atoms with Crippen LogP contribution in [0.2, 0.25) is 0 Å². The Morgan fingerprint density at radius 3 is 2.57 bits per heavy atom. The van der Waals surface area contributed by atoms with Gasteiger partial charge >= 0.3 is 0 Å². The van der Waals surface area contributed by atoms with Gasteiger partial charge in [0.05, 0.1) is 5.69 Å². The van der Waals surface area contributed by atoms with Crippen molar-refractivity contribution in [1.82, 2.24) is 0 Å². The van der Waals surface area contributed by atoms with Crippen LogP contribution >= 0.6 is 0 Å². The molecule has 3 heteroatoms. The second-order valence-corrected chi connectivity index (χ2v) is 7.07. The zero-order valence-electron chi connectivity index (χ0n) is 14.2. The number of anilines is 1. The van der Waals surface area contributed by atoms with Crippen LogP contribution in [0.4, 0.5) is 11.4 Å². The summed E-state index contributed by atoms with van der Waals surface area (Å²) in [4.78, 5) is 6.87. The summed E-state index contributed by atoms with van der Waals surface area (Å²) in [5, 5.41) is 9.31. The summed E-state index contributed by atoms with van der Waals surface area (Å²) in [6.45, 7) is 6.90. The van der Waals surface area contributed by atoms with Crippen LogP contribution in [-0.2, 0) is 0 Å². The Balaban J connectivity index is 1.89. The lowest BCUT2D eigenvalue weighted by Crippen LogP contribution is -2.45. The van der Waals surface area contributed by atoms with Crippen molar-refractivity contribution in [3.63, 3.8) is 0 Å². The smallest absolute Gasteiger partial charge is 0.115 e. The van der Waals surface area contributed by atoms with Gasteiger partial charge in [0.2, 0.25) is 0 Å². The molecule has 1 aliphatic heterocycles. The van der Waals surface area contributed by atoms with Crippen LogP contribution in [0.25, 0.3) is 0 Å². The normalized spacial score (nSPS) is 19.8. The van der Waals surface area contributed by atoms with Crippen molar-refractivity contribution < 1.29 is 5.11 Å². The van der Waals surface area contributed by atoms with Crippen molar-refractivity contribution >= 4 is 17.6 Å². The number of phenolic OH excluding ortho intramolecular Hbond substituents is 1. The van der Waals surface area contributed by atoms with Crippen molar-refractivity contribution in [3.8, 4) is 5.75 Å². The summed E-state index contributed by atoms with van der Waals surface area (Å²) in [7, 11) is 2.18. The first kappa shape index (κ1) is 15.6. The number of rotatable bonds is 2. The summed E-state index contributed by atoms with van der Waals surface area (Å²) in [5.74, 6) is 0.801. The zero-order chi connectivity index (χ0) is 16.6. The summed E-state index contributed by atoms with van der Waals surface area (Å²) in [6, 6.07) is 13.5. The minimum Gasteiger partial charge on any atom is -0.508 e. The summed E-state index contributed by atoms with van der Waals surface area (Å²) >= 11 is 0. The van der Waals surface area contributed by atoms with Crippen LogP contribution in [0, 0.1) is 0 Å². The summed E-state index contributed by atoms with van der Waals surface area (Å²) < 4.78 is 0. The predicted octanol–water partition coefficient (Wildman–Crippen LogP) is 4.86. The third-order valence-corrected chi connectivity index (χ3v) is 4.87. The Bertz CT molecular complexity index is 732. The maximum Gasteiger partial charge on any atom is 0.115 e. The number of benzene rings is 2. The lowest BCUT2D eigenvalue weighted by atomic mass is 9.80. The van der Waals surface area contributed by atoms with E-state index >= 15 is 0 Å². The van der Waals surface area contributed by atoms with Gasteiger partial charge in [-0.1, -0.05) is 13.0 Å². The number of nitrogens with zero attached hydrogens (tertiary/aromatic N) is 2. The summed E-state index contributed by atoms with van der Waals surface area (Å²) in [5.41, 5.74) is 4.84. The van der Waals surface area contributed by atoms with Gasteiger partial charge < -0.3 is 10.0 Å². The molecule has 0 amide bonds. The van der Waals surface area contributed by atoms with E-state index in [1.54, 1.807) is 12.1 Å². The minimum atomic E-state index is 0.189. The molecule has 0 radical (unpaired) electrons. The molecule has 3 rings (SSSR count). The molecule has 0 spiro atoms. The second-order valence-electron chi connectivity index (χ2n) is 7.07. The lowest BCUT2D eigenvalue weighted by molar-refractivity contribution is 0.395. The molecule has 2 aromatic rings. The Kier molecular flexibility index (Phi) is 3.88. The lowest BCUT2D eigenvalue weighted by Gasteiger charge is -2.45. The van der Waals surface area contributed by atoms with E-state index < -0.39 is 0 Å².